The van der Waals surface area contributed by atoms with E-state index < -0.39 is 0 Å². The van der Waals surface area contributed by atoms with Gasteiger partial charge in [0.05, 0.1) is 0 Å². The van der Waals surface area contributed by atoms with Gasteiger partial charge in [0.15, 0.2) is 0 Å². The molecular weight excluding hydrogens is 210 g/mol. The summed E-state index contributed by atoms with van der Waals surface area (Å²) in [4.78, 5) is 9.91. The van der Waals surface area contributed by atoms with Crippen LogP contribution in [0.2, 0.25) is 4.37 Å². The molecule has 0 aliphatic carbocycles. The summed E-state index contributed by atoms with van der Waals surface area (Å²) < 4.78 is 4.51. The Morgan fingerprint density at radius 1 is 2.00 bits per heavy atom. The van der Waals surface area contributed by atoms with E-state index in [4.69, 9.17) is 0 Å². The molecule has 6 heavy (non-hydrogen) atoms. The van der Waals surface area contributed by atoms with Gasteiger partial charge in [-0.05, 0) is 0 Å². The SMILES string of the molecule is O=C([CH2][SbH2])OS. The molecule has 0 fully saturated rings. The van der Waals surface area contributed by atoms with Crippen molar-refractivity contribution in [1.82, 2.24) is 0 Å². The minimum atomic E-state index is -0.235. The summed E-state index contributed by atoms with van der Waals surface area (Å²) in [6, 6.07) is 0. The molecule has 0 amide bonds. The number of hydrogen-bond acceptors (Lipinski definition) is 3. The molecule has 0 aromatic heterocycles. The Bertz CT molecular complexity index is 49.5. The molecule has 0 bridgehead atoms. The van der Waals surface area contributed by atoms with Gasteiger partial charge in [-0.1, -0.05) is 0 Å². The van der Waals surface area contributed by atoms with Crippen LogP contribution in [0.5, 0.6) is 0 Å². The normalized spacial score (nSPS) is 7.67. The van der Waals surface area contributed by atoms with E-state index >= 15 is 0 Å². The molecule has 0 saturated carbocycles. The second kappa shape index (κ2) is 3.82. The molecule has 0 atom stereocenters. The first-order valence-corrected chi connectivity index (χ1v) is 4.05. The van der Waals surface area contributed by atoms with Crippen molar-refractivity contribution in [3.63, 3.8) is 0 Å². The fourth-order valence-corrected chi connectivity index (χ4v) is 0.750. The van der Waals surface area contributed by atoms with Crippen molar-refractivity contribution in [2.24, 2.45) is 0 Å². The van der Waals surface area contributed by atoms with E-state index in [1.807, 2.05) is 0 Å². The molecule has 0 N–H and O–H groups in total. The minimum absolute atomic E-state index is 0.235. The fourth-order valence-electron chi connectivity index (χ4n) is 0.0373. The van der Waals surface area contributed by atoms with Crippen LogP contribution in [-0.2, 0) is 8.98 Å². The molecular formula is C2H5O2SSb. The average molecular weight is 215 g/mol. The summed E-state index contributed by atoms with van der Waals surface area (Å²) in [5, 5.41) is 0. The zero-order chi connectivity index (χ0) is 4.99. The van der Waals surface area contributed by atoms with Crippen molar-refractivity contribution in [1.29, 1.82) is 0 Å². The van der Waals surface area contributed by atoms with Crippen molar-refractivity contribution >= 4 is 41.9 Å². The molecule has 0 unspecified atom stereocenters. The first-order valence-electron chi connectivity index (χ1n) is 1.35. The Balaban J connectivity index is 2.99. The standard InChI is InChI=1S/C2H3O2S.Sb.2H/c1-2(3)4-5;;;/h5H,1H2;;;. The monoisotopic (exact) mass is 214 g/mol. The Morgan fingerprint density at radius 2 is 2.50 bits per heavy atom. The van der Waals surface area contributed by atoms with E-state index in [0.717, 1.165) is 23.0 Å². The zero-order valence-electron chi connectivity index (χ0n) is 3.05. The van der Waals surface area contributed by atoms with Gasteiger partial charge in [-0.2, -0.15) is 0 Å². The second-order valence-electron chi connectivity index (χ2n) is 0.667. The molecule has 0 aliphatic rings. The number of thiol groups is 1. The number of carbonyl (C=O) groups excluding carboxylic acids is 1. The van der Waals surface area contributed by atoms with Gasteiger partial charge in [0.25, 0.3) is 0 Å². The van der Waals surface area contributed by atoms with Gasteiger partial charge in [-0.3, -0.25) is 0 Å². The molecule has 0 saturated heterocycles. The first-order chi connectivity index (χ1) is 2.81. The van der Waals surface area contributed by atoms with E-state index in [2.05, 4.69) is 17.1 Å². The molecule has 0 spiro atoms. The van der Waals surface area contributed by atoms with Crippen molar-refractivity contribution < 1.29 is 8.98 Å². The maximum absolute atomic E-state index is 9.91. The first kappa shape index (κ1) is 6.64. The Morgan fingerprint density at radius 3 is 2.50 bits per heavy atom. The molecule has 0 rings (SSSR count). The molecule has 0 aliphatic heterocycles. The number of rotatable bonds is 1. The molecule has 0 heterocycles. The Labute approximate surface area is 55.4 Å². The average Bonchev–Trinajstić information content (AvgIpc) is 1.65. The Kier molecular flexibility index (Phi) is 4.22. The van der Waals surface area contributed by atoms with Crippen molar-refractivity contribution in [2.45, 2.75) is 4.37 Å². The molecule has 0 aromatic rings. The van der Waals surface area contributed by atoms with Crippen LogP contribution in [0, 0.1) is 0 Å². The zero-order valence-corrected chi connectivity index (χ0v) is 7.24. The second-order valence-corrected chi connectivity index (χ2v) is 2.02. The van der Waals surface area contributed by atoms with Crippen LogP contribution in [0.1, 0.15) is 0 Å². The van der Waals surface area contributed by atoms with Crippen molar-refractivity contribution in [3.05, 3.63) is 0 Å². The van der Waals surface area contributed by atoms with Crippen LogP contribution in [0.25, 0.3) is 0 Å². The van der Waals surface area contributed by atoms with Gasteiger partial charge in [0.1, 0.15) is 0 Å². The fraction of sp³-hybridized carbons (Fsp3) is 0.500. The quantitative estimate of drug-likeness (QED) is 0.360. The van der Waals surface area contributed by atoms with E-state index in [0.29, 0.717) is 4.37 Å². The summed E-state index contributed by atoms with van der Waals surface area (Å²) in [5.74, 6) is -0.235. The topological polar surface area (TPSA) is 26.3 Å². The summed E-state index contributed by atoms with van der Waals surface area (Å²) in [6.07, 6.45) is 0. The molecule has 36 valence electrons. The summed E-state index contributed by atoms with van der Waals surface area (Å²) in [6.45, 7) is 0. The van der Waals surface area contributed by atoms with E-state index in [9.17, 15) is 4.79 Å². The van der Waals surface area contributed by atoms with Gasteiger partial charge in [0, 0.05) is 0 Å². The van der Waals surface area contributed by atoms with Crippen LogP contribution < -0.4 is 0 Å². The van der Waals surface area contributed by atoms with Crippen LogP contribution in [-0.4, -0.2) is 29.0 Å². The number of carbonyl (C=O) groups is 1. The van der Waals surface area contributed by atoms with Gasteiger partial charge in [-0.15, -0.1) is 0 Å². The van der Waals surface area contributed by atoms with E-state index in [1.165, 1.54) is 0 Å². The van der Waals surface area contributed by atoms with Crippen LogP contribution >= 0.6 is 12.9 Å². The summed E-state index contributed by atoms with van der Waals surface area (Å²) in [7, 11) is 0. The molecule has 0 aromatic carbocycles. The van der Waals surface area contributed by atoms with Crippen molar-refractivity contribution in [2.75, 3.05) is 0 Å². The van der Waals surface area contributed by atoms with Crippen LogP contribution in [0.4, 0.5) is 0 Å². The van der Waals surface area contributed by atoms with Gasteiger partial charge < -0.3 is 0 Å². The van der Waals surface area contributed by atoms with Crippen LogP contribution in [0.15, 0.2) is 0 Å². The number of hydrogen-bond donors (Lipinski definition) is 1. The molecule has 4 heteroatoms. The molecule has 2 nitrogen and oxygen atoms in total. The summed E-state index contributed by atoms with van der Waals surface area (Å²) in [5.41, 5.74) is 0. The maximum atomic E-state index is 9.91. The third-order valence-corrected chi connectivity index (χ3v) is 1.42. The van der Waals surface area contributed by atoms with Gasteiger partial charge in [-0.25, -0.2) is 0 Å². The predicted octanol–water partition coefficient (Wildman–Crippen LogP) is -0.574. The Hall–Kier alpha value is 0.638. The van der Waals surface area contributed by atoms with Crippen molar-refractivity contribution in [3.8, 4) is 0 Å². The predicted molar refractivity (Wildman–Crippen MR) is 28.4 cm³/mol. The van der Waals surface area contributed by atoms with E-state index in [-0.39, 0.29) is 5.97 Å². The van der Waals surface area contributed by atoms with Gasteiger partial charge in [0.2, 0.25) is 0 Å². The third-order valence-electron chi connectivity index (χ3n) is 0.268. The van der Waals surface area contributed by atoms with Gasteiger partial charge >= 0.3 is 55.2 Å². The van der Waals surface area contributed by atoms with Crippen LogP contribution in [0.3, 0.4) is 0 Å². The summed E-state index contributed by atoms with van der Waals surface area (Å²) >= 11 is 4.18. The molecule has 0 radical (unpaired) electrons. The third kappa shape index (κ3) is 2.85. The van der Waals surface area contributed by atoms with E-state index in [1.54, 1.807) is 0 Å².